The molecule has 1 unspecified atom stereocenters. The third-order valence-electron chi connectivity index (χ3n) is 7.05. The number of likely N-dealkylation sites (tertiary alicyclic amines) is 1. The van der Waals surface area contributed by atoms with Gasteiger partial charge >= 0.3 is 0 Å². The highest BCUT2D eigenvalue weighted by Crippen LogP contribution is 2.36. The van der Waals surface area contributed by atoms with Crippen LogP contribution in [0.15, 0.2) is 72.9 Å². The van der Waals surface area contributed by atoms with E-state index in [-0.39, 0.29) is 0 Å². The SMILES string of the molecule is COc1cccc(-c2nc(C3CCN(C4Cc5ccccc5C4)C3)n3ccccc23)c1. The molecule has 0 bridgehead atoms. The lowest BCUT2D eigenvalue weighted by molar-refractivity contribution is 0.246. The molecule has 1 saturated heterocycles. The first-order valence-corrected chi connectivity index (χ1v) is 11.2. The lowest BCUT2D eigenvalue weighted by Crippen LogP contribution is -2.33. The standard InChI is InChI=1S/C27H27N3O/c1-31-24-10-6-9-21(17-24)26-25-11-4-5-13-30(25)27(28-26)22-12-14-29(18-22)23-15-19-7-2-3-8-20(19)16-23/h2-11,13,17,22-23H,12,14-16,18H2,1H3. The second-order valence-corrected chi connectivity index (χ2v) is 8.82. The van der Waals surface area contributed by atoms with E-state index in [1.54, 1.807) is 7.11 Å². The number of fused-ring (bicyclic) bond motifs is 2. The summed E-state index contributed by atoms with van der Waals surface area (Å²) < 4.78 is 7.75. The Labute approximate surface area is 183 Å². The summed E-state index contributed by atoms with van der Waals surface area (Å²) in [5.74, 6) is 2.51. The number of imidazole rings is 1. The summed E-state index contributed by atoms with van der Waals surface area (Å²) in [5.41, 5.74) is 6.37. The van der Waals surface area contributed by atoms with Gasteiger partial charge in [-0.1, -0.05) is 42.5 Å². The molecule has 0 radical (unpaired) electrons. The van der Waals surface area contributed by atoms with Gasteiger partial charge in [-0.05, 0) is 61.2 Å². The van der Waals surface area contributed by atoms with Crippen molar-refractivity contribution in [1.82, 2.24) is 14.3 Å². The molecule has 0 N–H and O–H groups in total. The van der Waals surface area contributed by atoms with E-state index < -0.39 is 0 Å². The molecular formula is C27H27N3O. The fraction of sp³-hybridized carbons (Fsp3) is 0.296. The number of ether oxygens (including phenoxy) is 1. The van der Waals surface area contributed by atoms with E-state index in [0.29, 0.717) is 12.0 Å². The van der Waals surface area contributed by atoms with Gasteiger partial charge in [-0.15, -0.1) is 0 Å². The molecule has 4 nitrogen and oxygen atoms in total. The maximum Gasteiger partial charge on any atom is 0.119 e. The van der Waals surface area contributed by atoms with Crippen molar-refractivity contribution in [3.63, 3.8) is 0 Å². The van der Waals surface area contributed by atoms with Crippen molar-refractivity contribution in [2.45, 2.75) is 31.2 Å². The van der Waals surface area contributed by atoms with Crippen molar-refractivity contribution in [2.24, 2.45) is 0 Å². The highest BCUT2D eigenvalue weighted by molar-refractivity contribution is 5.78. The molecule has 4 heteroatoms. The summed E-state index contributed by atoms with van der Waals surface area (Å²) in [6.07, 6.45) is 5.69. The Morgan fingerprint density at radius 2 is 1.74 bits per heavy atom. The molecule has 3 heterocycles. The Morgan fingerprint density at radius 1 is 0.935 bits per heavy atom. The van der Waals surface area contributed by atoms with Gasteiger partial charge in [-0.25, -0.2) is 4.98 Å². The minimum Gasteiger partial charge on any atom is -0.497 e. The minimum atomic E-state index is 0.456. The Bertz CT molecular complexity index is 1220. The van der Waals surface area contributed by atoms with E-state index in [4.69, 9.17) is 9.72 Å². The molecule has 2 aliphatic rings. The van der Waals surface area contributed by atoms with Gasteiger partial charge in [0.15, 0.2) is 0 Å². The van der Waals surface area contributed by atoms with Gasteiger partial charge in [-0.2, -0.15) is 0 Å². The molecule has 2 aromatic carbocycles. The largest absolute Gasteiger partial charge is 0.497 e. The first kappa shape index (κ1) is 18.6. The molecule has 1 aliphatic heterocycles. The molecule has 6 rings (SSSR count). The first-order chi connectivity index (χ1) is 15.3. The highest BCUT2D eigenvalue weighted by Gasteiger charge is 2.34. The molecule has 31 heavy (non-hydrogen) atoms. The fourth-order valence-corrected chi connectivity index (χ4v) is 5.46. The number of methoxy groups -OCH3 is 1. The van der Waals surface area contributed by atoms with Crippen molar-refractivity contribution in [1.29, 1.82) is 0 Å². The Morgan fingerprint density at radius 3 is 2.55 bits per heavy atom. The molecule has 0 spiro atoms. The van der Waals surface area contributed by atoms with Gasteiger partial charge < -0.3 is 9.14 Å². The van der Waals surface area contributed by atoms with E-state index in [1.807, 2.05) is 12.1 Å². The average molecular weight is 410 g/mol. The van der Waals surface area contributed by atoms with Gasteiger partial charge in [0, 0.05) is 30.3 Å². The van der Waals surface area contributed by atoms with Crippen LogP contribution in [-0.4, -0.2) is 40.5 Å². The van der Waals surface area contributed by atoms with E-state index in [9.17, 15) is 0 Å². The van der Waals surface area contributed by atoms with Crippen LogP contribution in [0.3, 0.4) is 0 Å². The third-order valence-corrected chi connectivity index (χ3v) is 7.05. The summed E-state index contributed by atoms with van der Waals surface area (Å²) in [4.78, 5) is 7.89. The van der Waals surface area contributed by atoms with Crippen LogP contribution in [0.5, 0.6) is 5.75 Å². The molecular weight excluding hydrogens is 382 g/mol. The van der Waals surface area contributed by atoms with Gasteiger partial charge in [0.25, 0.3) is 0 Å². The highest BCUT2D eigenvalue weighted by atomic mass is 16.5. The molecule has 2 aromatic heterocycles. The van der Waals surface area contributed by atoms with Crippen molar-refractivity contribution in [3.05, 3.63) is 89.9 Å². The topological polar surface area (TPSA) is 29.8 Å². The molecule has 0 saturated carbocycles. The van der Waals surface area contributed by atoms with E-state index in [2.05, 4.69) is 70.1 Å². The molecule has 156 valence electrons. The minimum absolute atomic E-state index is 0.456. The van der Waals surface area contributed by atoms with Gasteiger partial charge in [0.2, 0.25) is 0 Å². The number of aromatic nitrogens is 2. The Balaban J connectivity index is 1.31. The van der Waals surface area contributed by atoms with Crippen molar-refractivity contribution >= 4 is 5.52 Å². The quantitative estimate of drug-likeness (QED) is 0.477. The summed E-state index contributed by atoms with van der Waals surface area (Å²) in [5, 5.41) is 0. The Hall–Kier alpha value is -3.11. The van der Waals surface area contributed by atoms with Crippen molar-refractivity contribution in [3.8, 4) is 17.0 Å². The average Bonchev–Trinajstić information content (AvgIpc) is 3.55. The maximum atomic E-state index is 5.45. The smallest absolute Gasteiger partial charge is 0.119 e. The first-order valence-electron chi connectivity index (χ1n) is 11.2. The molecule has 1 atom stereocenters. The van der Waals surface area contributed by atoms with Crippen LogP contribution in [0, 0.1) is 0 Å². The summed E-state index contributed by atoms with van der Waals surface area (Å²) >= 11 is 0. The second-order valence-electron chi connectivity index (χ2n) is 8.82. The number of hydrogen-bond acceptors (Lipinski definition) is 3. The molecule has 0 amide bonds. The van der Waals surface area contributed by atoms with E-state index in [1.165, 1.54) is 36.2 Å². The van der Waals surface area contributed by atoms with E-state index in [0.717, 1.165) is 35.6 Å². The van der Waals surface area contributed by atoms with E-state index >= 15 is 0 Å². The third kappa shape index (κ3) is 3.22. The summed E-state index contributed by atoms with van der Waals surface area (Å²) in [6.45, 7) is 2.24. The number of pyridine rings is 1. The van der Waals surface area contributed by atoms with Crippen LogP contribution < -0.4 is 4.74 Å². The van der Waals surface area contributed by atoms with Gasteiger partial charge in [0.1, 0.15) is 11.6 Å². The predicted octanol–water partition coefficient (Wildman–Crippen LogP) is 4.97. The zero-order valence-corrected chi connectivity index (χ0v) is 17.9. The van der Waals surface area contributed by atoms with Crippen molar-refractivity contribution in [2.75, 3.05) is 20.2 Å². The zero-order chi connectivity index (χ0) is 20.8. The lowest BCUT2D eigenvalue weighted by Gasteiger charge is -2.23. The van der Waals surface area contributed by atoms with Crippen LogP contribution in [-0.2, 0) is 12.8 Å². The van der Waals surface area contributed by atoms with Gasteiger partial charge in [0.05, 0.1) is 18.3 Å². The van der Waals surface area contributed by atoms with Crippen LogP contribution >= 0.6 is 0 Å². The Kier molecular flexibility index (Phi) is 4.53. The zero-order valence-electron chi connectivity index (χ0n) is 17.9. The van der Waals surface area contributed by atoms with Crippen molar-refractivity contribution < 1.29 is 4.74 Å². The predicted molar refractivity (Wildman–Crippen MR) is 124 cm³/mol. The summed E-state index contributed by atoms with van der Waals surface area (Å²) in [7, 11) is 1.71. The maximum absolute atomic E-state index is 5.45. The van der Waals surface area contributed by atoms with Gasteiger partial charge in [-0.3, -0.25) is 4.90 Å². The fourth-order valence-electron chi connectivity index (χ4n) is 5.46. The normalized spacial score (nSPS) is 19.2. The van der Waals surface area contributed by atoms with Crippen LogP contribution in [0.1, 0.15) is 29.3 Å². The summed E-state index contributed by atoms with van der Waals surface area (Å²) in [6, 6.07) is 24.2. The van der Waals surface area contributed by atoms with Crippen LogP contribution in [0.25, 0.3) is 16.8 Å². The number of benzene rings is 2. The monoisotopic (exact) mass is 409 g/mol. The van der Waals surface area contributed by atoms with Crippen LogP contribution in [0.2, 0.25) is 0 Å². The lowest BCUT2D eigenvalue weighted by atomic mass is 10.1. The molecule has 1 aliphatic carbocycles. The second kappa shape index (κ2) is 7.54. The van der Waals surface area contributed by atoms with Crippen LogP contribution in [0.4, 0.5) is 0 Å². The molecule has 4 aromatic rings. The number of nitrogens with zero attached hydrogens (tertiary/aromatic N) is 3. The number of rotatable bonds is 4. The number of hydrogen-bond donors (Lipinski definition) is 0. The molecule has 1 fully saturated rings.